The number of nitrogen functional groups attached to an aromatic ring is 2. The van der Waals surface area contributed by atoms with E-state index in [9.17, 15) is 19.2 Å². The van der Waals surface area contributed by atoms with E-state index in [0.29, 0.717) is 106 Å². The van der Waals surface area contributed by atoms with Crippen molar-refractivity contribution in [2.24, 2.45) is 10.8 Å². The molecule has 6 N–H and O–H groups in total. The number of benzene rings is 2. The number of nitrogens with two attached hydrogens (primary N) is 2. The molecule has 14 rings (SSSR count). The fraction of sp³-hybridized carbons (Fsp3) is 0.387. The molecule has 2 saturated carbocycles. The highest BCUT2D eigenvalue weighted by molar-refractivity contribution is 6.06. The first-order valence-electron chi connectivity index (χ1n) is 28.9. The molecule has 6 fully saturated rings. The number of amides is 4. The van der Waals surface area contributed by atoms with Crippen molar-refractivity contribution in [1.82, 2.24) is 48.5 Å². The third-order valence-corrected chi connectivity index (χ3v) is 18.0. The highest BCUT2D eigenvalue weighted by atomic mass is 19.3. The van der Waals surface area contributed by atoms with E-state index < -0.39 is 46.6 Å². The summed E-state index contributed by atoms with van der Waals surface area (Å²) in [5.41, 5.74) is 15.7. The number of carbonyl (C=O) groups is 4. The molecule has 444 valence electrons. The Kier molecular flexibility index (Phi) is 13.5. The SMILES string of the molecule is CCOc1cc(C(=O)Nc2cc(C)ccn2)ccc1-c1nc([C@@H]2CC[C@@H]3N(C2)C(=O)C2(CC2)C3(F)F)n2ccnc(N)c12.CCOc1cc(C(=O)Nc2cc(C)ccn2)ccc1-c1nc([C@H]2CC[C@H]3N(C2)C(=O)C2(CC2)C3(F)F)n2ccnc(N)c12. The Bertz CT molecular complexity index is 3830. The number of hydrogen-bond donors (Lipinski definition) is 4. The zero-order chi connectivity index (χ0) is 60.2. The molecule has 20 nitrogen and oxygen atoms in total. The maximum atomic E-state index is 15.2. The van der Waals surface area contributed by atoms with Crippen LogP contribution in [0.2, 0.25) is 0 Å². The van der Waals surface area contributed by atoms with Gasteiger partial charge in [0.05, 0.1) is 25.3 Å². The lowest BCUT2D eigenvalue weighted by atomic mass is 9.89. The van der Waals surface area contributed by atoms with Crippen molar-refractivity contribution in [2.75, 3.05) is 48.4 Å². The number of imidazole rings is 2. The fourth-order valence-corrected chi connectivity index (χ4v) is 13.4. The van der Waals surface area contributed by atoms with E-state index in [1.54, 1.807) is 85.7 Å². The van der Waals surface area contributed by atoms with Gasteiger partial charge in [-0.25, -0.2) is 47.5 Å². The van der Waals surface area contributed by atoms with Crippen LogP contribution in [0.15, 0.2) is 97.8 Å². The van der Waals surface area contributed by atoms with Crippen LogP contribution in [0.3, 0.4) is 0 Å². The minimum atomic E-state index is -3.01. The van der Waals surface area contributed by atoms with Gasteiger partial charge in [-0.15, -0.1) is 0 Å². The molecule has 86 heavy (non-hydrogen) atoms. The number of piperidine rings is 2. The Morgan fingerprint density at radius 1 is 0.581 bits per heavy atom. The summed E-state index contributed by atoms with van der Waals surface area (Å²) in [6.45, 7) is 8.50. The van der Waals surface area contributed by atoms with Crippen LogP contribution in [0.4, 0.5) is 40.8 Å². The largest absolute Gasteiger partial charge is 0.493 e. The van der Waals surface area contributed by atoms with E-state index in [0.717, 1.165) is 11.1 Å². The number of halogens is 4. The molecule has 2 spiro atoms. The second-order valence-electron chi connectivity index (χ2n) is 23.2. The van der Waals surface area contributed by atoms with Crippen LogP contribution in [0, 0.1) is 24.7 Å². The van der Waals surface area contributed by atoms with Crippen molar-refractivity contribution in [2.45, 2.75) is 115 Å². The van der Waals surface area contributed by atoms with Crippen LogP contribution in [-0.2, 0) is 9.59 Å². The summed E-state index contributed by atoms with van der Waals surface area (Å²) >= 11 is 0. The fourth-order valence-electron chi connectivity index (χ4n) is 13.4. The first kappa shape index (κ1) is 55.9. The van der Waals surface area contributed by atoms with Gasteiger partial charge in [-0.05, 0) is 151 Å². The smallest absolute Gasteiger partial charge is 0.282 e. The normalized spacial score (nSPS) is 21.7. The number of nitrogens with one attached hydrogen (secondary N) is 2. The van der Waals surface area contributed by atoms with Crippen molar-refractivity contribution in [3.05, 3.63) is 132 Å². The van der Waals surface area contributed by atoms with Gasteiger partial charge in [0.25, 0.3) is 23.7 Å². The number of nitrogens with zero attached hydrogens (tertiary/aromatic N) is 10. The van der Waals surface area contributed by atoms with Gasteiger partial charge >= 0.3 is 0 Å². The zero-order valence-corrected chi connectivity index (χ0v) is 47.6. The molecular weight excluding hydrogens is 1110 g/mol. The zero-order valence-electron chi connectivity index (χ0n) is 47.6. The van der Waals surface area contributed by atoms with Gasteiger partial charge in [0.2, 0.25) is 11.8 Å². The molecule has 2 aliphatic carbocycles. The molecule has 2 aromatic carbocycles. The molecule has 8 aromatic rings. The average molecular weight is 1180 g/mol. The first-order chi connectivity index (χ1) is 41.3. The molecule has 6 aliphatic rings. The Morgan fingerprint density at radius 3 is 1.36 bits per heavy atom. The standard InChI is InChI=1S/2C31H31F2N7O3/c2*1-3-43-21-15-18(28(41)37-23-14-17(2)8-11-35-23)4-6-20(21)24-25-26(34)36-12-13-39(25)27(38-24)19-5-7-22-31(32,33)30(9-10-30)29(42)40(22)16-19/h2*4,6,8,11-15,19,22H,3,5,7,9-10,16H2,1-2H3,(H2,34,36)(H,35,37,41)/t2*19-,22+/m10/s1. The summed E-state index contributed by atoms with van der Waals surface area (Å²) in [4.78, 5) is 82.1. The lowest BCUT2D eigenvalue weighted by molar-refractivity contribution is -0.136. The van der Waals surface area contributed by atoms with E-state index in [1.165, 1.54) is 9.80 Å². The van der Waals surface area contributed by atoms with Crippen LogP contribution in [0.5, 0.6) is 11.5 Å². The number of fused-ring (bicyclic) bond motifs is 4. The predicted molar refractivity (Wildman–Crippen MR) is 310 cm³/mol. The van der Waals surface area contributed by atoms with Crippen molar-refractivity contribution >= 4 is 57.9 Å². The van der Waals surface area contributed by atoms with E-state index in [1.807, 2.05) is 48.6 Å². The van der Waals surface area contributed by atoms with Crippen LogP contribution in [0.25, 0.3) is 33.5 Å². The maximum Gasteiger partial charge on any atom is 0.282 e. The van der Waals surface area contributed by atoms with Crippen LogP contribution in [-0.4, -0.2) is 122 Å². The van der Waals surface area contributed by atoms with Gasteiger partial charge in [-0.2, -0.15) is 0 Å². The van der Waals surface area contributed by atoms with Gasteiger partial charge in [-0.1, -0.05) is 0 Å². The molecular formula is C62H62F4N14O6. The molecule has 24 heteroatoms. The number of aromatic nitrogens is 8. The van der Waals surface area contributed by atoms with Crippen molar-refractivity contribution in [1.29, 1.82) is 0 Å². The molecule has 4 atom stereocenters. The number of carbonyl (C=O) groups excluding carboxylic acids is 4. The predicted octanol–water partition coefficient (Wildman–Crippen LogP) is 9.67. The summed E-state index contributed by atoms with van der Waals surface area (Å²) < 4.78 is 76.5. The third kappa shape index (κ3) is 8.99. The number of ether oxygens (including phenoxy) is 2. The second kappa shape index (κ2) is 20.8. The highest BCUT2D eigenvalue weighted by Crippen LogP contribution is 2.67. The van der Waals surface area contributed by atoms with Crippen molar-refractivity contribution < 1.29 is 46.2 Å². The first-order valence-corrected chi connectivity index (χ1v) is 28.9. The third-order valence-electron chi connectivity index (χ3n) is 18.0. The summed E-state index contributed by atoms with van der Waals surface area (Å²) in [6.07, 6.45) is 12.1. The Balaban J connectivity index is 0.000000160. The van der Waals surface area contributed by atoms with Crippen LogP contribution < -0.4 is 31.6 Å². The van der Waals surface area contributed by atoms with E-state index in [2.05, 4.69) is 30.6 Å². The Morgan fingerprint density at radius 2 is 0.988 bits per heavy atom. The highest BCUT2D eigenvalue weighted by Gasteiger charge is 2.78. The quantitative estimate of drug-likeness (QED) is 0.0831. The summed E-state index contributed by atoms with van der Waals surface area (Å²) in [7, 11) is 0. The lowest BCUT2D eigenvalue weighted by Gasteiger charge is -2.36. The van der Waals surface area contributed by atoms with E-state index in [-0.39, 0.29) is 86.9 Å². The molecule has 0 radical (unpaired) electrons. The summed E-state index contributed by atoms with van der Waals surface area (Å²) in [5, 5.41) is 5.62. The Hall–Kier alpha value is -9.22. The van der Waals surface area contributed by atoms with Crippen molar-refractivity contribution in [3.63, 3.8) is 0 Å². The van der Waals surface area contributed by atoms with Gasteiger partial charge in [0, 0.05) is 84.4 Å². The average Bonchev–Trinajstić information content (AvgIpc) is 1.55. The van der Waals surface area contributed by atoms with Gasteiger partial charge in [0.15, 0.2) is 0 Å². The maximum absolute atomic E-state index is 15.2. The van der Waals surface area contributed by atoms with E-state index in [4.69, 9.17) is 30.9 Å². The van der Waals surface area contributed by atoms with Gasteiger partial charge in [0.1, 0.15) is 79.7 Å². The Labute approximate surface area is 490 Å². The molecule has 6 aromatic heterocycles. The summed E-state index contributed by atoms with van der Waals surface area (Å²) in [5.74, 6) is -4.75. The molecule has 4 aliphatic heterocycles. The minimum absolute atomic E-state index is 0.159. The summed E-state index contributed by atoms with van der Waals surface area (Å²) in [6, 6.07) is 15.2. The molecule has 0 unspecified atom stereocenters. The van der Waals surface area contributed by atoms with Crippen LogP contribution in [0.1, 0.15) is 121 Å². The lowest BCUT2D eigenvalue weighted by Crippen LogP contribution is -2.46. The molecule has 4 saturated heterocycles. The molecule has 10 heterocycles. The monoisotopic (exact) mass is 1170 g/mol. The molecule has 4 amide bonds. The number of rotatable bonds is 12. The topological polar surface area (TPSA) is 255 Å². The minimum Gasteiger partial charge on any atom is -0.493 e. The second-order valence-corrected chi connectivity index (χ2v) is 23.2. The number of alkyl halides is 4. The number of anilines is 4. The van der Waals surface area contributed by atoms with Gasteiger partial charge in [-0.3, -0.25) is 28.0 Å². The number of aryl methyl sites for hydroxylation is 2. The number of pyridine rings is 2. The van der Waals surface area contributed by atoms with Crippen LogP contribution >= 0.6 is 0 Å². The number of hydrogen-bond acceptors (Lipinski definition) is 14. The molecule has 0 bridgehead atoms. The van der Waals surface area contributed by atoms with Gasteiger partial charge < -0.3 is 41.4 Å². The van der Waals surface area contributed by atoms with Crippen molar-refractivity contribution in [3.8, 4) is 34.0 Å². The van der Waals surface area contributed by atoms with E-state index >= 15 is 17.6 Å².